The summed E-state index contributed by atoms with van der Waals surface area (Å²) < 4.78 is 0. The van der Waals surface area contributed by atoms with E-state index in [9.17, 15) is 5.11 Å². The highest BCUT2D eigenvalue weighted by Crippen LogP contribution is 2.27. The molecule has 0 heterocycles. The molecule has 0 unspecified atom stereocenters. The molecule has 102 valence electrons. The third-order valence-corrected chi connectivity index (χ3v) is 3.32. The summed E-state index contributed by atoms with van der Waals surface area (Å²) in [5.41, 5.74) is 9.30. The number of hydrogen-bond acceptors (Lipinski definition) is 2. The summed E-state index contributed by atoms with van der Waals surface area (Å²) in [5, 5.41) is 9.79. The van der Waals surface area contributed by atoms with Crippen LogP contribution >= 0.6 is 0 Å². The van der Waals surface area contributed by atoms with Crippen molar-refractivity contribution in [2.75, 3.05) is 5.73 Å². The van der Waals surface area contributed by atoms with Gasteiger partial charge in [0.1, 0.15) is 5.75 Å². The second-order valence-corrected chi connectivity index (χ2v) is 6.04. The Labute approximate surface area is 111 Å². The maximum absolute atomic E-state index is 9.79. The molecule has 0 saturated heterocycles. The third-order valence-electron chi connectivity index (χ3n) is 3.32. The van der Waals surface area contributed by atoms with Gasteiger partial charge in [-0.3, -0.25) is 0 Å². The average molecular weight is 249 g/mol. The lowest BCUT2D eigenvalue weighted by atomic mass is 9.95. The number of phenols is 1. The van der Waals surface area contributed by atoms with E-state index >= 15 is 0 Å². The minimum atomic E-state index is 0.349. The van der Waals surface area contributed by atoms with Gasteiger partial charge in [0.2, 0.25) is 0 Å². The quantitative estimate of drug-likeness (QED) is 0.587. The van der Waals surface area contributed by atoms with Crippen LogP contribution in [0.2, 0.25) is 0 Å². The molecule has 0 spiro atoms. The third kappa shape index (κ3) is 4.59. The molecule has 0 atom stereocenters. The molecular formula is C16H27NO. The molecule has 0 aliphatic heterocycles. The van der Waals surface area contributed by atoms with Gasteiger partial charge < -0.3 is 10.8 Å². The maximum atomic E-state index is 9.79. The number of nitrogens with two attached hydrogens (primary N) is 1. The molecule has 1 aromatic carbocycles. The molecule has 1 rings (SSSR count). The molecule has 3 N–H and O–H groups in total. The van der Waals surface area contributed by atoms with Crippen molar-refractivity contribution in [2.45, 2.75) is 53.4 Å². The number of aryl methyl sites for hydroxylation is 2. The first-order valence-corrected chi connectivity index (χ1v) is 7.00. The topological polar surface area (TPSA) is 46.2 Å². The highest BCUT2D eigenvalue weighted by molar-refractivity contribution is 5.57. The van der Waals surface area contributed by atoms with Crippen molar-refractivity contribution in [1.29, 1.82) is 0 Å². The molecule has 18 heavy (non-hydrogen) atoms. The van der Waals surface area contributed by atoms with Crippen molar-refractivity contribution in [3.05, 3.63) is 23.3 Å². The number of phenolic OH excluding ortho intramolecular Hbond substituents is 1. The van der Waals surface area contributed by atoms with Crippen molar-refractivity contribution in [2.24, 2.45) is 11.8 Å². The van der Waals surface area contributed by atoms with Gasteiger partial charge in [-0.05, 0) is 60.8 Å². The maximum Gasteiger partial charge on any atom is 0.116 e. The van der Waals surface area contributed by atoms with Crippen LogP contribution in [0, 0.1) is 11.8 Å². The molecular weight excluding hydrogens is 222 g/mol. The molecule has 1 aromatic rings. The summed E-state index contributed by atoms with van der Waals surface area (Å²) >= 11 is 0. The van der Waals surface area contributed by atoms with Gasteiger partial charge in [0.15, 0.2) is 0 Å². The van der Waals surface area contributed by atoms with Crippen LogP contribution in [0.5, 0.6) is 5.75 Å². The minimum absolute atomic E-state index is 0.349. The first kappa shape index (κ1) is 14.9. The van der Waals surface area contributed by atoms with Crippen LogP contribution in [0.15, 0.2) is 12.1 Å². The van der Waals surface area contributed by atoms with Gasteiger partial charge in [-0.2, -0.15) is 0 Å². The standard InChI is InChI=1S/C16H27NO/c1-11(2)5-7-13-9-15(18)10-14(16(13)17)8-6-12(3)4/h9-12,18H,5-8,17H2,1-4H3. The predicted octanol–water partition coefficient (Wildman–Crippen LogP) is 4.15. The van der Waals surface area contributed by atoms with Gasteiger partial charge in [-0.15, -0.1) is 0 Å². The van der Waals surface area contributed by atoms with E-state index in [0.29, 0.717) is 17.6 Å². The Balaban J connectivity index is 2.84. The number of rotatable bonds is 6. The fourth-order valence-electron chi connectivity index (χ4n) is 2.06. The lowest BCUT2D eigenvalue weighted by molar-refractivity contribution is 0.472. The van der Waals surface area contributed by atoms with E-state index in [-0.39, 0.29) is 0 Å². The first-order valence-electron chi connectivity index (χ1n) is 7.00. The molecule has 0 aromatic heterocycles. The summed E-state index contributed by atoms with van der Waals surface area (Å²) in [4.78, 5) is 0. The molecule has 2 nitrogen and oxygen atoms in total. The van der Waals surface area contributed by atoms with Crippen LogP contribution in [-0.4, -0.2) is 5.11 Å². The largest absolute Gasteiger partial charge is 0.508 e. The molecule has 0 radical (unpaired) electrons. The van der Waals surface area contributed by atoms with E-state index in [4.69, 9.17) is 5.73 Å². The van der Waals surface area contributed by atoms with E-state index in [2.05, 4.69) is 27.7 Å². The van der Waals surface area contributed by atoms with E-state index < -0.39 is 0 Å². The van der Waals surface area contributed by atoms with Gasteiger partial charge in [-0.1, -0.05) is 27.7 Å². The summed E-state index contributed by atoms with van der Waals surface area (Å²) in [6.07, 6.45) is 4.12. The SMILES string of the molecule is CC(C)CCc1cc(O)cc(CCC(C)C)c1N. The van der Waals surface area contributed by atoms with E-state index in [0.717, 1.165) is 42.5 Å². The van der Waals surface area contributed by atoms with Crippen LogP contribution in [0.3, 0.4) is 0 Å². The number of aromatic hydroxyl groups is 1. The van der Waals surface area contributed by atoms with Gasteiger partial charge >= 0.3 is 0 Å². The van der Waals surface area contributed by atoms with Crippen LogP contribution in [0.4, 0.5) is 5.69 Å². The van der Waals surface area contributed by atoms with E-state index in [1.54, 1.807) is 0 Å². The van der Waals surface area contributed by atoms with E-state index in [1.807, 2.05) is 12.1 Å². The molecule has 0 aliphatic carbocycles. The highest BCUT2D eigenvalue weighted by atomic mass is 16.3. The summed E-state index contributed by atoms with van der Waals surface area (Å²) in [5.74, 6) is 1.67. The number of nitrogen functional groups attached to an aromatic ring is 1. The molecule has 0 bridgehead atoms. The fourth-order valence-corrected chi connectivity index (χ4v) is 2.06. The van der Waals surface area contributed by atoms with Gasteiger partial charge in [0, 0.05) is 5.69 Å². The summed E-state index contributed by atoms with van der Waals surface area (Å²) in [6.45, 7) is 8.83. The molecule has 0 aliphatic rings. The highest BCUT2D eigenvalue weighted by Gasteiger charge is 2.09. The lowest BCUT2D eigenvalue weighted by Gasteiger charge is -2.14. The van der Waals surface area contributed by atoms with Crippen molar-refractivity contribution < 1.29 is 5.11 Å². The fraction of sp³-hybridized carbons (Fsp3) is 0.625. The van der Waals surface area contributed by atoms with Crippen molar-refractivity contribution >= 4 is 5.69 Å². The van der Waals surface area contributed by atoms with Crippen LogP contribution in [0.1, 0.15) is 51.7 Å². The second-order valence-electron chi connectivity index (χ2n) is 6.04. The van der Waals surface area contributed by atoms with E-state index in [1.165, 1.54) is 0 Å². The monoisotopic (exact) mass is 249 g/mol. The Bertz CT molecular complexity index is 350. The Morgan fingerprint density at radius 2 is 1.33 bits per heavy atom. The molecule has 2 heteroatoms. The van der Waals surface area contributed by atoms with Crippen LogP contribution < -0.4 is 5.73 Å². The van der Waals surface area contributed by atoms with Crippen molar-refractivity contribution in [3.8, 4) is 5.75 Å². The van der Waals surface area contributed by atoms with Gasteiger partial charge in [-0.25, -0.2) is 0 Å². The summed E-state index contributed by atoms with van der Waals surface area (Å²) in [7, 11) is 0. The molecule has 0 amide bonds. The Morgan fingerprint density at radius 3 is 1.67 bits per heavy atom. The zero-order chi connectivity index (χ0) is 13.7. The number of hydrogen-bond donors (Lipinski definition) is 2. The normalized spacial score (nSPS) is 11.4. The van der Waals surface area contributed by atoms with Gasteiger partial charge in [0.25, 0.3) is 0 Å². The van der Waals surface area contributed by atoms with Crippen LogP contribution in [-0.2, 0) is 12.8 Å². The van der Waals surface area contributed by atoms with Crippen molar-refractivity contribution in [3.63, 3.8) is 0 Å². The summed E-state index contributed by atoms with van der Waals surface area (Å²) in [6, 6.07) is 3.63. The lowest BCUT2D eigenvalue weighted by Crippen LogP contribution is -2.03. The second kappa shape index (κ2) is 6.67. The van der Waals surface area contributed by atoms with Gasteiger partial charge in [0.05, 0.1) is 0 Å². The Kier molecular flexibility index (Phi) is 5.52. The number of benzene rings is 1. The Morgan fingerprint density at radius 1 is 0.944 bits per heavy atom. The Hall–Kier alpha value is -1.18. The van der Waals surface area contributed by atoms with Crippen LogP contribution in [0.25, 0.3) is 0 Å². The number of anilines is 1. The predicted molar refractivity (Wildman–Crippen MR) is 78.8 cm³/mol. The molecule has 0 saturated carbocycles. The average Bonchev–Trinajstić information content (AvgIpc) is 2.27. The minimum Gasteiger partial charge on any atom is -0.508 e. The first-order chi connectivity index (χ1) is 8.40. The van der Waals surface area contributed by atoms with Crippen molar-refractivity contribution in [1.82, 2.24) is 0 Å². The molecule has 0 fully saturated rings. The zero-order valence-corrected chi connectivity index (χ0v) is 12.2. The smallest absolute Gasteiger partial charge is 0.116 e. The zero-order valence-electron chi connectivity index (χ0n) is 12.2.